The van der Waals surface area contributed by atoms with Crippen LogP contribution in [0.1, 0.15) is 32.3 Å². The summed E-state index contributed by atoms with van der Waals surface area (Å²) in [5.74, 6) is -1.47. The van der Waals surface area contributed by atoms with E-state index >= 15 is 0 Å². The van der Waals surface area contributed by atoms with Crippen molar-refractivity contribution in [2.45, 2.75) is 6.43 Å². The Balaban J connectivity index is 1.61. The van der Waals surface area contributed by atoms with Crippen LogP contribution >= 0.6 is 34.5 Å². The number of carbonyl (C=O) groups is 2. The minimum Gasteiger partial charge on any atom is -0.365 e. The Labute approximate surface area is 222 Å². The third-order valence-corrected chi connectivity index (χ3v) is 7.13. The third-order valence-electron chi connectivity index (χ3n) is 5.48. The second-order valence-corrected chi connectivity index (χ2v) is 9.70. The van der Waals surface area contributed by atoms with Gasteiger partial charge in [-0.15, -0.1) is 11.3 Å². The summed E-state index contributed by atoms with van der Waals surface area (Å²) in [4.78, 5) is 29.6. The number of nitrogens with two attached hydrogens (primary N) is 1. The van der Waals surface area contributed by atoms with E-state index in [1.165, 1.54) is 12.1 Å². The predicted octanol–water partition coefficient (Wildman–Crippen LogP) is 6.95. The van der Waals surface area contributed by atoms with Gasteiger partial charge in [0.25, 0.3) is 18.2 Å². The number of nitrogens with zero attached hydrogens (tertiary/aromatic N) is 2. The highest BCUT2D eigenvalue weighted by molar-refractivity contribution is 7.21. The van der Waals surface area contributed by atoms with Gasteiger partial charge in [-0.25, -0.2) is 13.8 Å². The first-order chi connectivity index (χ1) is 17.7. The summed E-state index contributed by atoms with van der Waals surface area (Å²) in [5, 5.41) is 10.6. The molecular weight excluding hydrogens is 543 g/mol. The van der Waals surface area contributed by atoms with E-state index in [-0.39, 0.29) is 21.1 Å². The van der Waals surface area contributed by atoms with Gasteiger partial charge in [0, 0.05) is 16.0 Å². The molecule has 2 amide bonds. The van der Waals surface area contributed by atoms with Crippen molar-refractivity contribution in [2.75, 3.05) is 5.32 Å². The van der Waals surface area contributed by atoms with Crippen LogP contribution in [0.15, 0.2) is 60.7 Å². The SMILES string of the molecule is NC(=O)c1sc2nc(C(F)F)cc(-c3ccccc3)c2c1NC(=O)c1cc(-c2ccc(Cl)cc2Cl)n[nH]1. The molecule has 0 unspecified atom stereocenters. The van der Waals surface area contributed by atoms with Crippen LogP contribution in [0.4, 0.5) is 14.5 Å². The number of aromatic amines is 1. The molecule has 0 saturated carbocycles. The molecule has 3 heterocycles. The zero-order chi connectivity index (χ0) is 26.3. The minimum atomic E-state index is -2.84. The van der Waals surface area contributed by atoms with Crippen molar-refractivity contribution in [3.8, 4) is 22.4 Å². The molecule has 0 fully saturated rings. The topological polar surface area (TPSA) is 114 Å². The van der Waals surface area contributed by atoms with Crippen molar-refractivity contribution >= 4 is 62.3 Å². The molecule has 4 N–H and O–H groups in total. The van der Waals surface area contributed by atoms with E-state index in [2.05, 4.69) is 20.5 Å². The molecule has 0 aliphatic heterocycles. The van der Waals surface area contributed by atoms with Crippen LogP contribution in [0.5, 0.6) is 0 Å². The number of rotatable bonds is 6. The summed E-state index contributed by atoms with van der Waals surface area (Å²) in [6.45, 7) is 0. The molecule has 0 atom stereocenters. The maximum absolute atomic E-state index is 13.6. The van der Waals surface area contributed by atoms with E-state index in [0.29, 0.717) is 37.8 Å². The first kappa shape index (κ1) is 24.8. The fourth-order valence-electron chi connectivity index (χ4n) is 3.82. The van der Waals surface area contributed by atoms with Crippen LogP contribution in [-0.2, 0) is 0 Å². The summed E-state index contributed by atoms with van der Waals surface area (Å²) in [6, 6.07) is 16.3. The van der Waals surface area contributed by atoms with Gasteiger partial charge in [-0.1, -0.05) is 53.5 Å². The number of amides is 2. The van der Waals surface area contributed by atoms with Crippen molar-refractivity contribution in [3.05, 3.63) is 87.0 Å². The number of primary amides is 1. The number of hydrogen-bond donors (Lipinski definition) is 3. The maximum Gasteiger partial charge on any atom is 0.280 e. The summed E-state index contributed by atoms with van der Waals surface area (Å²) in [6.07, 6.45) is -2.84. The molecule has 186 valence electrons. The highest BCUT2D eigenvalue weighted by atomic mass is 35.5. The highest BCUT2D eigenvalue weighted by Crippen LogP contribution is 2.42. The van der Waals surface area contributed by atoms with Crippen molar-refractivity contribution < 1.29 is 18.4 Å². The first-order valence-corrected chi connectivity index (χ1v) is 12.2. The zero-order valence-corrected chi connectivity index (χ0v) is 20.9. The lowest BCUT2D eigenvalue weighted by atomic mass is 10.0. The van der Waals surface area contributed by atoms with E-state index in [1.54, 1.807) is 48.5 Å². The maximum atomic E-state index is 13.6. The van der Waals surface area contributed by atoms with Crippen LogP contribution in [0.25, 0.3) is 32.6 Å². The van der Waals surface area contributed by atoms with Gasteiger partial charge in [0.2, 0.25) is 0 Å². The molecule has 0 aliphatic carbocycles. The molecule has 0 spiro atoms. The average Bonchev–Trinajstić information content (AvgIpc) is 3.50. The molecule has 0 saturated heterocycles. The van der Waals surface area contributed by atoms with Crippen LogP contribution in [0.3, 0.4) is 0 Å². The van der Waals surface area contributed by atoms with Crippen LogP contribution < -0.4 is 11.1 Å². The van der Waals surface area contributed by atoms with Crippen LogP contribution in [-0.4, -0.2) is 27.0 Å². The molecule has 5 rings (SSSR count). The van der Waals surface area contributed by atoms with E-state index < -0.39 is 23.9 Å². The first-order valence-electron chi connectivity index (χ1n) is 10.7. The van der Waals surface area contributed by atoms with Crippen LogP contribution in [0.2, 0.25) is 10.0 Å². The smallest absolute Gasteiger partial charge is 0.280 e. The number of fused-ring (bicyclic) bond motifs is 1. The normalized spacial score (nSPS) is 11.3. The van der Waals surface area contributed by atoms with Gasteiger partial charge in [-0.05, 0) is 41.5 Å². The molecule has 37 heavy (non-hydrogen) atoms. The Bertz CT molecular complexity index is 1670. The lowest BCUT2D eigenvalue weighted by Crippen LogP contribution is -2.17. The van der Waals surface area contributed by atoms with Gasteiger partial charge >= 0.3 is 0 Å². The number of halogens is 4. The molecule has 5 aromatic rings. The fourth-order valence-corrected chi connectivity index (χ4v) is 5.34. The second-order valence-electron chi connectivity index (χ2n) is 7.86. The summed E-state index contributed by atoms with van der Waals surface area (Å²) in [5.41, 5.74) is 7.18. The van der Waals surface area contributed by atoms with Gasteiger partial charge in [0.1, 0.15) is 21.1 Å². The number of alkyl halides is 2. The van der Waals surface area contributed by atoms with Gasteiger partial charge in [0.05, 0.1) is 16.4 Å². The molecule has 0 radical (unpaired) electrons. The van der Waals surface area contributed by atoms with Gasteiger partial charge in [-0.2, -0.15) is 5.10 Å². The number of benzene rings is 2. The largest absolute Gasteiger partial charge is 0.365 e. The Morgan fingerprint density at radius 2 is 1.78 bits per heavy atom. The Morgan fingerprint density at radius 1 is 1.03 bits per heavy atom. The Kier molecular flexibility index (Phi) is 6.63. The Hall–Kier alpha value is -3.86. The zero-order valence-electron chi connectivity index (χ0n) is 18.6. The minimum absolute atomic E-state index is 0.0278. The molecule has 3 aromatic heterocycles. The standard InChI is InChI=1S/C25H15Cl2F2N5O2S/c26-12-6-7-13(15(27)8-12)16-10-18(34-33-16)24(36)32-20-19-14(11-4-2-1-3-5-11)9-17(22(28)29)31-25(19)37-21(20)23(30)35/h1-10,22H,(H2,30,35)(H,32,36)(H,33,34). The molecular formula is C25H15Cl2F2N5O2S. The third kappa shape index (κ3) is 4.78. The lowest BCUT2D eigenvalue weighted by Gasteiger charge is -2.10. The van der Waals surface area contributed by atoms with Crippen molar-refractivity contribution in [3.63, 3.8) is 0 Å². The Morgan fingerprint density at radius 3 is 2.46 bits per heavy atom. The van der Waals surface area contributed by atoms with E-state index in [0.717, 1.165) is 11.3 Å². The predicted molar refractivity (Wildman–Crippen MR) is 141 cm³/mol. The number of carbonyl (C=O) groups excluding carboxylic acids is 2. The quantitative estimate of drug-likeness (QED) is 0.209. The van der Waals surface area contributed by atoms with Gasteiger partial charge in [0.15, 0.2) is 0 Å². The summed E-state index contributed by atoms with van der Waals surface area (Å²) in [7, 11) is 0. The number of H-pyrrole nitrogens is 1. The molecule has 0 aliphatic rings. The van der Waals surface area contributed by atoms with Crippen LogP contribution in [0, 0.1) is 0 Å². The van der Waals surface area contributed by atoms with Crippen molar-refractivity contribution in [1.29, 1.82) is 0 Å². The number of thiophene rings is 1. The van der Waals surface area contributed by atoms with Crippen molar-refractivity contribution in [2.24, 2.45) is 5.73 Å². The van der Waals surface area contributed by atoms with E-state index in [9.17, 15) is 18.4 Å². The van der Waals surface area contributed by atoms with E-state index in [4.69, 9.17) is 28.9 Å². The lowest BCUT2D eigenvalue weighted by molar-refractivity contribution is 0.100. The van der Waals surface area contributed by atoms with Gasteiger partial charge in [-0.3, -0.25) is 14.7 Å². The number of aromatic nitrogens is 3. The average molecular weight is 558 g/mol. The second kappa shape index (κ2) is 9.89. The molecule has 7 nitrogen and oxygen atoms in total. The monoisotopic (exact) mass is 557 g/mol. The molecule has 12 heteroatoms. The van der Waals surface area contributed by atoms with Gasteiger partial charge < -0.3 is 11.1 Å². The number of nitrogens with one attached hydrogen (secondary N) is 2. The number of hydrogen-bond acceptors (Lipinski definition) is 5. The van der Waals surface area contributed by atoms with E-state index in [1.807, 2.05) is 0 Å². The summed E-state index contributed by atoms with van der Waals surface area (Å²) < 4.78 is 27.3. The number of pyridine rings is 1. The number of anilines is 1. The summed E-state index contributed by atoms with van der Waals surface area (Å²) >= 11 is 13.0. The molecule has 2 aromatic carbocycles. The van der Waals surface area contributed by atoms with Crippen molar-refractivity contribution in [1.82, 2.24) is 15.2 Å². The fraction of sp³-hybridized carbons (Fsp3) is 0.0400. The highest BCUT2D eigenvalue weighted by Gasteiger charge is 2.25. The molecule has 0 bridgehead atoms.